The van der Waals surface area contributed by atoms with Gasteiger partial charge < -0.3 is 4.57 Å². The molecule has 5 heteroatoms. The fourth-order valence-electron chi connectivity index (χ4n) is 3.64. The summed E-state index contributed by atoms with van der Waals surface area (Å²) in [4.78, 5) is 12.4. The second kappa shape index (κ2) is 8.56. The first-order chi connectivity index (χ1) is 14.5. The number of carbonyl (C=O) groups is 1. The van der Waals surface area contributed by atoms with Gasteiger partial charge in [-0.2, -0.15) is 5.10 Å². The molecule has 0 saturated heterocycles. The molecule has 4 aromatic rings. The standard InChI is InChI=1S/C25H22ClN3O/c1-17-7-3-4-8-21(17)25(30)28-27-15-23-18(2)29(24-10-6-5-9-22(23)24)16-19-11-13-20(26)14-12-19/h3-15H,16H2,1-2H3,(H,28,30)/b27-15+. The highest BCUT2D eigenvalue weighted by Gasteiger charge is 2.13. The number of hydrogen-bond donors (Lipinski definition) is 1. The summed E-state index contributed by atoms with van der Waals surface area (Å²) in [6.07, 6.45) is 1.73. The maximum atomic E-state index is 12.4. The number of halogens is 1. The van der Waals surface area contributed by atoms with Gasteiger partial charge in [-0.15, -0.1) is 0 Å². The molecule has 0 bridgehead atoms. The number of rotatable bonds is 5. The number of nitrogens with one attached hydrogen (secondary N) is 1. The Morgan fingerprint density at radius 1 is 1.00 bits per heavy atom. The highest BCUT2D eigenvalue weighted by atomic mass is 35.5. The minimum atomic E-state index is -0.216. The molecular weight excluding hydrogens is 394 g/mol. The van der Waals surface area contributed by atoms with Crippen molar-refractivity contribution >= 4 is 34.6 Å². The van der Waals surface area contributed by atoms with Crippen LogP contribution in [0.3, 0.4) is 0 Å². The molecule has 4 nitrogen and oxygen atoms in total. The van der Waals surface area contributed by atoms with Crippen molar-refractivity contribution in [2.75, 3.05) is 0 Å². The third-order valence-corrected chi connectivity index (χ3v) is 5.54. The number of amides is 1. The van der Waals surface area contributed by atoms with Crippen LogP contribution in [0.2, 0.25) is 5.02 Å². The van der Waals surface area contributed by atoms with E-state index in [1.807, 2.05) is 61.5 Å². The van der Waals surface area contributed by atoms with Crippen LogP contribution in [0.1, 0.15) is 32.7 Å². The summed E-state index contributed by atoms with van der Waals surface area (Å²) in [6, 6.07) is 23.6. The van der Waals surface area contributed by atoms with Crippen LogP contribution in [0.25, 0.3) is 10.9 Å². The van der Waals surface area contributed by atoms with E-state index in [-0.39, 0.29) is 5.91 Å². The Morgan fingerprint density at radius 3 is 2.47 bits per heavy atom. The first kappa shape index (κ1) is 19.9. The van der Waals surface area contributed by atoms with Crippen LogP contribution in [0.15, 0.2) is 77.9 Å². The Bertz CT molecular complexity index is 1240. The van der Waals surface area contributed by atoms with Crippen LogP contribution >= 0.6 is 11.6 Å². The Balaban J connectivity index is 1.63. The van der Waals surface area contributed by atoms with E-state index >= 15 is 0 Å². The Labute approximate surface area is 180 Å². The van der Waals surface area contributed by atoms with Gasteiger partial charge in [0.1, 0.15) is 0 Å². The topological polar surface area (TPSA) is 46.4 Å². The molecule has 0 unspecified atom stereocenters. The summed E-state index contributed by atoms with van der Waals surface area (Å²) >= 11 is 6.02. The minimum absolute atomic E-state index is 0.216. The van der Waals surface area contributed by atoms with Crippen molar-refractivity contribution < 1.29 is 4.79 Å². The van der Waals surface area contributed by atoms with E-state index in [9.17, 15) is 4.79 Å². The summed E-state index contributed by atoms with van der Waals surface area (Å²) < 4.78 is 2.25. The van der Waals surface area contributed by atoms with Crippen LogP contribution < -0.4 is 5.43 Å². The van der Waals surface area contributed by atoms with Crippen LogP contribution in [-0.4, -0.2) is 16.7 Å². The maximum Gasteiger partial charge on any atom is 0.271 e. The smallest absolute Gasteiger partial charge is 0.271 e. The van der Waals surface area contributed by atoms with Gasteiger partial charge in [0.05, 0.1) is 6.21 Å². The largest absolute Gasteiger partial charge is 0.340 e. The molecule has 1 heterocycles. The molecule has 0 spiro atoms. The van der Waals surface area contributed by atoms with Gasteiger partial charge in [0.25, 0.3) is 5.91 Å². The van der Waals surface area contributed by atoms with Gasteiger partial charge in [0.2, 0.25) is 0 Å². The van der Waals surface area contributed by atoms with Crippen molar-refractivity contribution in [2.24, 2.45) is 5.10 Å². The monoisotopic (exact) mass is 415 g/mol. The third-order valence-electron chi connectivity index (χ3n) is 5.28. The van der Waals surface area contributed by atoms with Crippen molar-refractivity contribution in [3.63, 3.8) is 0 Å². The number of aryl methyl sites for hydroxylation is 1. The summed E-state index contributed by atoms with van der Waals surface area (Å²) in [5.41, 5.74) is 8.55. The lowest BCUT2D eigenvalue weighted by Gasteiger charge is -2.09. The van der Waals surface area contributed by atoms with E-state index in [4.69, 9.17) is 11.6 Å². The maximum absolute atomic E-state index is 12.4. The molecule has 4 rings (SSSR count). The third kappa shape index (κ3) is 4.00. The lowest BCUT2D eigenvalue weighted by Crippen LogP contribution is -2.18. The number of hydrazone groups is 1. The van der Waals surface area contributed by atoms with E-state index in [1.165, 1.54) is 5.56 Å². The molecule has 0 aliphatic rings. The predicted octanol–water partition coefficient (Wildman–Crippen LogP) is 5.72. The van der Waals surface area contributed by atoms with Crippen LogP contribution in [0, 0.1) is 13.8 Å². The van der Waals surface area contributed by atoms with Gasteiger partial charge in [-0.3, -0.25) is 4.79 Å². The minimum Gasteiger partial charge on any atom is -0.340 e. The fourth-order valence-corrected chi connectivity index (χ4v) is 3.77. The molecular formula is C25H22ClN3O. The number of benzene rings is 3. The summed E-state index contributed by atoms with van der Waals surface area (Å²) in [7, 11) is 0. The number of para-hydroxylation sites is 1. The van der Waals surface area contributed by atoms with E-state index < -0.39 is 0 Å². The molecule has 0 saturated carbocycles. The second-order valence-electron chi connectivity index (χ2n) is 7.24. The van der Waals surface area contributed by atoms with E-state index in [1.54, 1.807) is 12.3 Å². The molecule has 0 aliphatic heterocycles. The normalized spacial score (nSPS) is 11.3. The molecule has 1 aromatic heterocycles. The molecule has 0 atom stereocenters. The molecule has 1 amide bonds. The van der Waals surface area contributed by atoms with Crippen molar-refractivity contribution in [1.82, 2.24) is 9.99 Å². The predicted molar refractivity (Wildman–Crippen MR) is 123 cm³/mol. The zero-order chi connectivity index (χ0) is 21.1. The van der Waals surface area contributed by atoms with Gasteiger partial charge >= 0.3 is 0 Å². The highest BCUT2D eigenvalue weighted by Crippen LogP contribution is 2.26. The molecule has 0 fully saturated rings. The lowest BCUT2D eigenvalue weighted by atomic mass is 10.1. The van der Waals surface area contributed by atoms with Crippen LogP contribution in [0.5, 0.6) is 0 Å². The average Bonchev–Trinajstić information content (AvgIpc) is 3.01. The molecule has 30 heavy (non-hydrogen) atoms. The first-order valence-corrected chi connectivity index (χ1v) is 10.1. The van der Waals surface area contributed by atoms with Gasteiger partial charge in [-0.1, -0.05) is 60.1 Å². The molecule has 3 aromatic carbocycles. The van der Waals surface area contributed by atoms with Crippen LogP contribution in [0.4, 0.5) is 0 Å². The number of fused-ring (bicyclic) bond motifs is 1. The van der Waals surface area contributed by atoms with Crippen molar-refractivity contribution in [3.05, 3.63) is 106 Å². The first-order valence-electron chi connectivity index (χ1n) is 9.76. The van der Waals surface area contributed by atoms with Gasteiger partial charge in [0.15, 0.2) is 0 Å². The Hall–Kier alpha value is -3.37. The second-order valence-corrected chi connectivity index (χ2v) is 7.68. The van der Waals surface area contributed by atoms with Crippen molar-refractivity contribution in [1.29, 1.82) is 0 Å². The van der Waals surface area contributed by atoms with Gasteiger partial charge in [-0.05, 0) is 49.2 Å². The molecule has 1 N–H and O–H groups in total. The van der Waals surface area contributed by atoms with Gasteiger partial charge in [-0.25, -0.2) is 5.43 Å². The quantitative estimate of drug-likeness (QED) is 0.328. The summed E-state index contributed by atoms with van der Waals surface area (Å²) in [5, 5.41) is 6.07. The molecule has 0 radical (unpaired) electrons. The Morgan fingerprint density at radius 2 is 1.70 bits per heavy atom. The zero-order valence-electron chi connectivity index (χ0n) is 16.9. The number of nitrogens with zero attached hydrogens (tertiary/aromatic N) is 2. The number of carbonyl (C=O) groups excluding carboxylic acids is 1. The summed E-state index contributed by atoms with van der Waals surface area (Å²) in [6.45, 7) is 4.71. The van der Waals surface area contributed by atoms with Gasteiger partial charge in [0, 0.05) is 39.3 Å². The number of hydrogen-bond acceptors (Lipinski definition) is 2. The fraction of sp³-hybridized carbons (Fsp3) is 0.120. The average molecular weight is 416 g/mol. The van der Waals surface area contributed by atoms with E-state index in [0.717, 1.165) is 39.3 Å². The van der Waals surface area contributed by atoms with Crippen LogP contribution in [-0.2, 0) is 6.54 Å². The SMILES string of the molecule is Cc1ccccc1C(=O)N/N=C/c1c(C)n(Cc2ccc(Cl)cc2)c2ccccc12. The molecule has 0 aliphatic carbocycles. The van der Waals surface area contributed by atoms with Crippen molar-refractivity contribution in [2.45, 2.75) is 20.4 Å². The highest BCUT2D eigenvalue weighted by molar-refractivity contribution is 6.30. The zero-order valence-corrected chi connectivity index (χ0v) is 17.6. The summed E-state index contributed by atoms with van der Waals surface area (Å²) in [5.74, 6) is -0.216. The van der Waals surface area contributed by atoms with Crippen molar-refractivity contribution in [3.8, 4) is 0 Å². The number of aromatic nitrogens is 1. The lowest BCUT2D eigenvalue weighted by molar-refractivity contribution is 0.0954. The van der Waals surface area contributed by atoms with E-state index in [2.05, 4.69) is 34.2 Å². The molecule has 150 valence electrons. The Kier molecular flexibility index (Phi) is 5.68. The van der Waals surface area contributed by atoms with E-state index in [0.29, 0.717) is 5.56 Å².